The van der Waals surface area contributed by atoms with Crippen molar-refractivity contribution in [2.75, 3.05) is 6.61 Å². The lowest BCUT2D eigenvalue weighted by Gasteiger charge is -1.98. The van der Waals surface area contributed by atoms with E-state index in [4.69, 9.17) is 4.74 Å². The number of ether oxygens (including phenoxy) is 1. The van der Waals surface area contributed by atoms with Gasteiger partial charge in [-0.1, -0.05) is 36.4 Å². The summed E-state index contributed by atoms with van der Waals surface area (Å²) in [5, 5.41) is 6.57. The van der Waals surface area contributed by atoms with Gasteiger partial charge in [-0.15, -0.1) is 11.3 Å². The number of thiophene rings is 1. The Balaban J connectivity index is 1.55. The van der Waals surface area contributed by atoms with Crippen LogP contribution >= 0.6 is 22.7 Å². The van der Waals surface area contributed by atoms with E-state index in [1.54, 1.807) is 16.7 Å². The molecule has 0 radical (unpaired) electrons. The topological polar surface area (TPSA) is 39.2 Å². The Bertz CT molecular complexity index is 761. The molecule has 0 atom stereocenters. The monoisotopic (exact) mass is 327 g/mol. The van der Waals surface area contributed by atoms with Crippen LogP contribution in [-0.2, 0) is 4.74 Å². The molecule has 0 saturated heterocycles. The fourth-order valence-corrected chi connectivity index (χ4v) is 3.33. The highest BCUT2D eigenvalue weighted by Gasteiger charge is 2.12. The molecule has 0 spiro atoms. The molecule has 3 rings (SSSR count). The summed E-state index contributed by atoms with van der Waals surface area (Å²) in [6.07, 6.45) is 3.74. The summed E-state index contributed by atoms with van der Waals surface area (Å²) < 4.78 is 5.20. The molecule has 110 valence electrons. The first-order valence-corrected chi connectivity index (χ1v) is 8.52. The Morgan fingerprint density at radius 3 is 2.82 bits per heavy atom. The van der Waals surface area contributed by atoms with Gasteiger partial charge in [-0.2, -0.15) is 11.3 Å². The number of carbonyl (C=O) groups is 1. The molecule has 0 amide bonds. The third kappa shape index (κ3) is 3.69. The molecular formula is C17H13NO2S2. The van der Waals surface area contributed by atoms with Gasteiger partial charge in [0.1, 0.15) is 11.6 Å². The average Bonchev–Trinajstić information content (AvgIpc) is 3.22. The van der Waals surface area contributed by atoms with Crippen molar-refractivity contribution in [3.8, 4) is 10.6 Å². The number of hydrogen-bond donors (Lipinski definition) is 0. The van der Waals surface area contributed by atoms with E-state index in [9.17, 15) is 4.79 Å². The quantitative estimate of drug-likeness (QED) is 0.635. The summed E-state index contributed by atoms with van der Waals surface area (Å²) in [6, 6.07) is 11.9. The summed E-state index contributed by atoms with van der Waals surface area (Å²) >= 11 is 3.06. The van der Waals surface area contributed by atoms with Gasteiger partial charge < -0.3 is 4.74 Å². The smallest absolute Gasteiger partial charge is 0.358 e. The second-order valence-corrected chi connectivity index (χ2v) is 6.10. The van der Waals surface area contributed by atoms with Crippen LogP contribution in [0.2, 0.25) is 0 Å². The fraction of sp³-hybridized carbons (Fsp3) is 0.0588. The highest BCUT2D eigenvalue weighted by atomic mass is 32.1. The van der Waals surface area contributed by atoms with Crippen LogP contribution in [0.1, 0.15) is 16.1 Å². The Labute approximate surface area is 136 Å². The standard InChI is InChI=1S/C17H13NO2S2/c19-17(20-9-4-7-13-5-2-1-3-6-13)15-12-22-16(18-15)14-8-10-21-11-14/h1-8,10-12H,9H2/b7-4+. The largest absolute Gasteiger partial charge is 0.457 e. The van der Waals surface area contributed by atoms with Crippen molar-refractivity contribution in [2.45, 2.75) is 0 Å². The van der Waals surface area contributed by atoms with Gasteiger partial charge in [0.15, 0.2) is 5.69 Å². The SMILES string of the molecule is O=C(OC/C=C/c1ccccc1)c1csc(-c2ccsc2)n1. The van der Waals surface area contributed by atoms with Crippen LogP contribution in [0.4, 0.5) is 0 Å². The van der Waals surface area contributed by atoms with Crippen LogP contribution in [0, 0.1) is 0 Å². The Morgan fingerprint density at radius 2 is 2.05 bits per heavy atom. The maximum Gasteiger partial charge on any atom is 0.358 e. The lowest BCUT2D eigenvalue weighted by atomic mass is 10.2. The van der Waals surface area contributed by atoms with Gasteiger partial charge in [-0.3, -0.25) is 0 Å². The molecular weight excluding hydrogens is 314 g/mol. The van der Waals surface area contributed by atoms with E-state index in [1.165, 1.54) is 11.3 Å². The molecule has 2 heterocycles. The molecule has 5 heteroatoms. The highest BCUT2D eigenvalue weighted by Crippen LogP contribution is 2.25. The highest BCUT2D eigenvalue weighted by molar-refractivity contribution is 7.14. The van der Waals surface area contributed by atoms with E-state index in [1.807, 2.05) is 59.3 Å². The molecule has 2 aromatic heterocycles. The van der Waals surface area contributed by atoms with Crippen molar-refractivity contribution in [1.82, 2.24) is 4.98 Å². The molecule has 1 aromatic carbocycles. The first-order valence-electron chi connectivity index (χ1n) is 6.70. The minimum atomic E-state index is -0.393. The molecule has 0 aliphatic carbocycles. The molecule has 0 N–H and O–H groups in total. The first kappa shape index (κ1) is 14.7. The second-order valence-electron chi connectivity index (χ2n) is 4.46. The van der Waals surface area contributed by atoms with Crippen molar-refractivity contribution >= 4 is 34.7 Å². The van der Waals surface area contributed by atoms with Gasteiger partial charge in [0.05, 0.1) is 0 Å². The first-order chi connectivity index (χ1) is 10.8. The van der Waals surface area contributed by atoms with Crippen LogP contribution in [0.3, 0.4) is 0 Å². The van der Waals surface area contributed by atoms with E-state index in [0.29, 0.717) is 5.69 Å². The van der Waals surface area contributed by atoms with Crippen LogP contribution in [0.25, 0.3) is 16.6 Å². The third-order valence-corrected chi connectivity index (χ3v) is 4.48. The number of esters is 1. The van der Waals surface area contributed by atoms with Crippen molar-refractivity contribution in [1.29, 1.82) is 0 Å². The zero-order chi connectivity index (χ0) is 15.2. The maximum absolute atomic E-state index is 11.9. The second kappa shape index (κ2) is 7.15. The van der Waals surface area contributed by atoms with Crippen LogP contribution in [0.15, 0.2) is 58.6 Å². The number of nitrogens with zero attached hydrogens (tertiary/aromatic N) is 1. The summed E-state index contributed by atoms with van der Waals surface area (Å²) in [5.74, 6) is -0.393. The van der Waals surface area contributed by atoms with Crippen LogP contribution in [0.5, 0.6) is 0 Å². The number of benzene rings is 1. The van der Waals surface area contributed by atoms with Crippen molar-refractivity contribution in [3.05, 3.63) is 69.9 Å². The van der Waals surface area contributed by atoms with Gasteiger partial charge in [0.25, 0.3) is 0 Å². The molecule has 0 unspecified atom stereocenters. The van der Waals surface area contributed by atoms with Gasteiger partial charge in [0, 0.05) is 16.3 Å². The normalized spacial score (nSPS) is 10.9. The average molecular weight is 327 g/mol. The predicted molar refractivity (Wildman–Crippen MR) is 91.2 cm³/mol. The molecule has 22 heavy (non-hydrogen) atoms. The molecule has 0 aliphatic heterocycles. The molecule has 3 aromatic rings. The minimum absolute atomic E-state index is 0.235. The minimum Gasteiger partial charge on any atom is -0.457 e. The summed E-state index contributed by atoms with van der Waals surface area (Å²) in [5.41, 5.74) is 2.48. The van der Waals surface area contributed by atoms with E-state index in [-0.39, 0.29) is 6.61 Å². The van der Waals surface area contributed by atoms with Crippen molar-refractivity contribution in [2.24, 2.45) is 0 Å². The number of rotatable bonds is 5. The number of hydrogen-bond acceptors (Lipinski definition) is 5. The van der Waals surface area contributed by atoms with Gasteiger partial charge in [0.2, 0.25) is 0 Å². The zero-order valence-electron chi connectivity index (χ0n) is 11.6. The Hall–Kier alpha value is -2.24. The van der Waals surface area contributed by atoms with E-state index >= 15 is 0 Å². The van der Waals surface area contributed by atoms with E-state index in [2.05, 4.69) is 4.98 Å². The molecule has 0 fully saturated rings. The lowest BCUT2D eigenvalue weighted by molar-refractivity contribution is 0.0544. The lowest BCUT2D eigenvalue weighted by Crippen LogP contribution is -2.05. The molecule has 0 bridgehead atoms. The van der Waals surface area contributed by atoms with Crippen molar-refractivity contribution < 1.29 is 9.53 Å². The van der Waals surface area contributed by atoms with Crippen LogP contribution < -0.4 is 0 Å². The van der Waals surface area contributed by atoms with Gasteiger partial charge >= 0.3 is 5.97 Å². The Kier molecular flexibility index (Phi) is 4.78. The molecule has 0 aliphatic rings. The number of aromatic nitrogens is 1. The van der Waals surface area contributed by atoms with E-state index < -0.39 is 5.97 Å². The predicted octanol–water partition coefficient (Wildman–Crippen LogP) is 4.74. The summed E-state index contributed by atoms with van der Waals surface area (Å²) in [6.45, 7) is 0.235. The number of thiazole rings is 1. The number of carbonyl (C=O) groups excluding carboxylic acids is 1. The fourth-order valence-electron chi connectivity index (χ4n) is 1.83. The Morgan fingerprint density at radius 1 is 1.18 bits per heavy atom. The van der Waals surface area contributed by atoms with Crippen molar-refractivity contribution in [3.63, 3.8) is 0 Å². The molecule has 0 saturated carbocycles. The van der Waals surface area contributed by atoms with Gasteiger partial charge in [-0.05, 0) is 23.1 Å². The maximum atomic E-state index is 11.9. The van der Waals surface area contributed by atoms with Gasteiger partial charge in [-0.25, -0.2) is 9.78 Å². The third-order valence-electron chi connectivity index (χ3n) is 2.90. The zero-order valence-corrected chi connectivity index (χ0v) is 13.3. The summed E-state index contributed by atoms with van der Waals surface area (Å²) in [4.78, 5) is 16.2. The molecule has 3 nitrogen and oxygen atoms in total. The van der Waals surface area contributed by atoms with E-state index in [0.717, 1.165) is 16.1 Å². The summed E-state index contributed by atoms with van der Waals surface area (Å²) in [7, 11) is 0. The van der Waals surface area contributed by atoms with Crippen LogP contribution in [-0.4, -0.2) is 17.6 Å².